The van der Waals surface area contributed by atoms with Crippen molar-refractivity contribution in [2.75, 3.05) is 0 Å². The van der Waals surface area contributed by atoms with Gasteiger partial charge in [-0.2, -0.15) is 0 Å². The summed E-state index contributed by atoms with van der Waals surface area (Å²) in [4.78, 5) is 10.8. The fourth-order valence-corrected chi connectivity index (χ4v) is 13.4. The van der Waals surface area contributed by atoms with Crippen LogP contribution in [0.4, 0.5) is 0 Å². The normalized spacial score (nSPS) is 11.7. The molecule has 16 rings (SSSR count). The number of para-hydroxylation sites is 3. The Morgan fingerprint density at radius 2 is 0.682 bits per heavy atom. The van der Waals surface area contributed by atoms with Gasteiger partial charge in [0.25, 0.3) is 0 Å². The molecule has 0 saturated carbocycles. The average Bonchev–Trinajstić information content (AvgIpc) is 1.59. The van der Waals surface area contributed by atoms with Gasteiger partial charge in [-0.05, 0) is 95.9 Å². The summed E-state index contributed by atoms with van der Waals surface area (Å²) in [5.74, 6) is 0.661. The van der Waals surface area contributed by atoms with Crippen molar-refractivity contribution in [2.45, 2.75) is 6.92 Å². The molecular weight excluding hydrogens is 1070 g/mol. The highest BCUT2D eigenvalue weighted by molar-refractivity contribution is 6.17. The third kappa shape index (κ3) is 8.70. The molecule has 0 unspecified atom stereocenters. The van der Waals surface area contributed by atoms with Crippen LogP contribution in [0.2, 0.25) is 0 Å². The lowest BCUT2D eigenvalue weighted by molar-refractivity contribution is 1.10. The van der Waals surface area contributed by atoms with Crippen LogP contribution in [0.25, 0.3) is 162 Å². The Kier molecular flexibility index (Phi) is 12.8. The predicted octanol–water partition coefficient (Wildman–Crippen LogP) is 22.0. The standard InChI is InChI=1S/C83H57N5/c1-3-29-62-63-42-23-26-45-75(63)86(74(62)4-2)78-53-80-70(50-66(78)55-30-11-5-12-31-55)71-51-67(56-32-13-6-14-33-56)79(87-76-46-27-24-43-64(76)65-44-25-28-47-77(65)87)54-81(71)88(80)82-68(57-34-15-7-16-35-57)48-61(49-69(82)58-36-17-8-18-37-58)73-52-72(59-38-19-9-20-39-59)84-83(85-73)60-40-21-10-22-41-60/h3-54H,2H2,1H3/b29-3-. The van der Waals surface area contributed by atoms with E-state index in [1.807, 2.05) is 12.1 Å². The van der Waals surface area contributed by atoms with E-state index in [1.165, 1.54) is 10.8 Å². The minimum absolute atomic E-state index is 0.661. The van der Waals surface area contributed by atoms with E-state index in [2.05, 4.69) is 331 Å². The zero-order chi connectivity index (χ0) is 58.7. The van der Waals surface area contributed by atoms with Crippen LogP contribution in [0.1, 0.15) is 18.2 Å². The second kappa shape index (κ2) is 21.8. The van der Waals surface area contributed by atoms with Crippen LogP contribution in [0.3, 0.4) is 0 Å². The van der Waals surface area contributed by atoms with Gasteiger partial charge in [0, 0.05) is 71.4 Å². The number of hydrogen-bond acceptors (Lipinski definition) is 2. The zero-order valence-corrected chi connectivity index (χ0v) is 48.5. The van der Waals surface area contributed by atoms with Crippen molar-refractivity contribution in [1.29, 1.82) is 0 Å². The van der Waals surface area contributed by atoms with E-state index >= 15 is 0 Å². The van der Waals surface area contributed by atoms with Gasteiger partial charge in [-0.15, -0.1) is 0 Å². The molecular formula is C83H57N5. The summed E-state index contributed by atoms with van der Waals surface area (Å²) in [6, 6.07) is 108. The first-order chi connectivity index (χ1) is 43.6. The molecule has 0 spiro atoms. The second-order valence-electron chi connectivity index (χ2n) is 22.4. The lowest BCUT2D eigenvalue weighted by Gasteiger charge is -2.22. The molecule has 5 heteroatoms. The Morgan fingerprint density at radius 3 is 1.14 bits per heavy atom. The van der Waals surface area contributed by atoms with Crippen molar-refractivity contribution in [3.63, 3.8) is 0 Å². The molecule has 0 amide bonds. The van der Waals surface area contributed by atoms with E-state index in [0.29, 0.717) is 5.82 Å². The molecule has 88 heavy (non-hydrogen) atoms. The first-order valence-electron chi connectivity index (χ1n) is 30.0. The Balaban J connectivity index is 1.11. The molecule has 0 bridgehead atoms. The van der Waals surface area contributed by atoms with Crippen LogP contribution in [0, 0.1) is 0 Å². The maximum atomic E-state index is 5.49. The van der Waals surface area contributed by atoms with Crippen LogP contribution in [0.5, 0.6) is 0 Å². The Morgan fingerprint density at radius 1 is 0.307 bits per heavy atom. The van der Waals surface area contributed by atoms with E-state index in [-0.39, 0.29) is 0 Å². The Bertz CT molecular complexity index is 5200. The third-order valence-corrected chi connectivity index (χ3v) is 17.3. The molecule has 5 nitrogen and oxygen atoms in total. The highest BCUT2D eigenvalue weighted by Crippen LogP contribution is 2.49. The van der Waals surface area contributed by atoms with E-state index in [9.17, 15) is 0 Å². The summed E-state index contributed by atoms with van der Waals surface area (Å²) < 4.78 is 7.51. The fraction of sp³-hybridized carbons (Fsp3) is 0.0120. The molecule has 12 aromatic carbocycles. The van der Waals surface area contributed by atoms with Gasteiger partial charge in [-0.1, -0.05) is 255 Å². The quantitative estimate of drug-likeness (QED) is 0.122. The van der Waals surface area contributed by atoms with Crippen LogP contribution >= 0.6 is 0 Å². The van der Waals surface area contributed by atoms with E-state index in [1.54, 1.807) is 0 Å². The first-order valence-corrected chi connectivity index (χ1v) is 30.0. The van der Waals surface area contributed by atoms with Gasteiger partial charge in [-0.25, -0.2) is 9.97 Å². The van der Waals surface area contributed by atoms with Gasteiger partial charge in [0.1, 0.15) is 0 Å². The summed E-state index contributed by atoms with van der Waals surface area (Å²) in [5, 5.41) is 5.80. The van der Waals surface area contributed by atoms with Crippen molar-refractivity contribution in [2.24, 2.45) is 0 Å². The van der Waals surface area contributed by atoms with E-state index in [4.69, 9.17) is 9.97 Å². The summed E-state index contributed by atoms with van der Waals surface area (Å²) in [5.41, 5.74) is 24.1. The number of aromatic nitrogens is 5. The van der Waals surface area contributed by atoms with Gasteiger partial charge in [0.2, 0.25) is 0 Å². The minimum Gasteiger partial charge on any atom is -0.309 e. The number of benzene rings is 12. The molecule has 4 heterocycles. The molecule has 0 aliphatic heterocycles. The zero-order valence-electron chi connectivity index (χ0n) is 48.5. The Hall–Kier alpha value is -11.7. The topological polar surface area (TPSA) is 40.6 Å². The van der Waals surface area contributed by atoms with Gasteiger partial charge in [0.15, 0.2) is 5.82 Å². The Labute approximate surface area is 511 Å². The molecule has 0 atom stereocenters. The predicted molar refractivity (Wildman–Crippen MR) is 370 cm³/mol. The maximum absolute atomic E-state index is 5.49. The molecule has 16 aromatic rings. The number of hydrogen-bond donors (Lipinski definition) is 0. The van der Waals surface area contributed by atoms with Crippen molar-refractivity contribution in [3.05, 3.63) is 321 Å². The van der Waals surface area contributed by atoms with Crippen LogP contribution in [-0.2, 0) is 0 Å². The van der Waals surface area contributed by atoms with Crippen LogP contribution in [0.15, 0.2) is 310 Å². The third-order valence-electron chi connectivity index (χ3n) is 17.3. The molecule has 414 valence electrons. The van der Waals surface area contributed by atoms with Crippen LogP contribution in [-0.4, -0.2) is 23.7 Å². The maximum Gasteiger partial charge on any atom is 0.160 e. The molecule has 4 aromatic heterocycles. The van der Waals surface area contributed by atoms with Crippen molar-refractivity contribution in [1.82, 2.24) is 23.7 Å². The number of fused-ring (bicyclic) bond motifs is 7. The molecule has 0 N–H and O–H groups in total. The number of allylic oxidation sites excluding steroid dienone is 1. The van der Waals surface area contributed by atoms with Crippen molar-refractivity contribution >= 4 is 66.7 Å². The number of rotatable bonds is 12. The van der Waals surface area contributed by atoms with Crippen molar-refractivity contribution in [3.8, 4) is 95.5 Å². The molecule has 0 aliphatic rings. The van der Waals surface area contributed by atoms with E-state index in [0.717, 1.165) is 145 Å². The average molecular weight is 1120 g/mol. The molecule has 0 fully saturated rings. The minimum atomic E-state index is 0.661. The molecule has 0 radical (unpaired) electrons. The molecule has 0 saturated heterocycles. The van der Waals surface area contributed by atoms with Gasteiger partial charge < -0.3 is 13.7 Å². The van der Waals surface area contributed by atoms with Crippen molar-refractivity contribution < 1.29 is 0 Å². The lowest BCUT2D eigenvalue weighted by atomic mass is 9.91. The lowest BCUT2D eigenvalue weighted by Crippen LogP contribution is -2.05. The van der Waals surface area contributed by atoms with Gasteiger partial charge in [0.05, 0.1) is 61.7 Å². The van der Waals surface area contributed by atoms with Gasteiger partial charge >= 0.3 is 0 Å². The first kappa shape index (κ1) is 51.9. The SMILES string of the molecule is C=Cc1c(/C=C\C)c2ccccc2n1-c1cc2c(cc1-c1ccccc1)c1cc(-c3ccccc3)c(-n3c4ccccc4c4ccccc43)cc1n2-c1c(-c2ccccc2)cc(-c2cc(-c3ccccc3)nc(-c3ccccc3)n2)cc1-c1ccccc1. The summed E-state index contributed by atoms with van der Waals surface area (Å²) in [6.07, 6.45) is 6.37. The van der Waals surface area contributed by atoms with Crippen LogP contribution < -0.4 is 0 Å². The molecule has 0 aliphatic carbocycles. The summed E-state index contributed by atoms with van der Waals surface area (Å²) in [6.45, 7) is 6.62. The summed E-state index contributed by atoms with van der Waals surface area (Å²) >= 11 is 0. The highest BCUT2D eigenvalue weighted by Gasteiger charge is 2.28. The monoisotopic (exact) mass is 1120 g/mol. The largest absolute Gasteiger partial charge is 0.309 e. The smallest absolute Gasteiger partial charge is 0.160 e. The number of nitrogens with zero attached hydrogens (tertiary/aromatic N) is 5. The highest BCUT2D eigenvalue weighted by atomic mass is 15.0. The fourth-order valence-electron chi connectivity index (χ4n) is 13.4. The van der Waals surface area contributed by atoms with Gasteiger partial charge in [-0.3, -0.25) is 0 Å². The second-order valence-corrected chi connectivity index (χ2v) is 22.4. The summed E-state index contributed by atoms with van der Waals surface area (Å²) in [7, 11) is 0. The van der Waals surface area contributed by atoms with E-state index < -0.39 is 0 Å².